The van der Waals surface area contributed by atoms with Gasteiger partial charge in [-0.05, 0) is 17.7 Å². The molecule has 1 fully saturated rings. The van der Waals surface area contributed by atoms with E-state index >= 15 is 0 Å². The summed E-state index contributed by atoms with van der Waals surface area (Å²) in [6.07, 6.45) is -0.498. The first-order valence-electron chi connectivity index (χ1n) is 6.78. The zero-order valence-electron chi connectivity index (χ0n) is 12.0. The minimum atomic E-state index is -0.774. The van der Waals surface area contributed by atoms with Gasteiger partial charge in [0.05, 0.1) is 19.1 Å². The van der Waals surface area contributed by atoms with E-state index in [0.717, 1.165) is 5.56 Å². The van der Waals surface area contributed by atoms with E-state index in [4.69, 9.17) is 4.74 Å². The Morgan fingerprint density at radius 2 is 2.05 bits per heavy atom. The number of benzene rings is 1. The van der Waals surface area contributed by atoms with Gasteiger partial charge in [0.25, 0.3) is 0 Å². The lowest BCUT2D eigenvalue weighted by Gasteiger charge is -2.25. The number of phenolic OH excluding ortho intramolecular Hbond substituents is 1. The van der Waals surface area contributed by atoms with Crippen LogP contribution in [-0.4, -0.2) is 52.8 Å². The SMILES string of the molecule is COC(=O)C(Cc1ccc(O)cc1)N1CC(O)C(C)C1=O. The molecule has 1 saturated heterocycles. The zero-order valence-corrected chi connectivity index (χ0v) is 12.0. The smallest absolute Gasteiger partial charge is 0.328 e. The van der Waals surface area contributed by atoms with Gasteiger partial charge in [-0.3, -0.25) is 4.79 Å². The van der Waals surface area contributed by atoms with Crippen molar-refractivity contribution in [3.05, 3.63) is 29.8 Å². The van der Waals surface area contributed by atoms with Crippen molar-refractivity contribution in [1.29, 1.82) is 0 Å². The van der Waals surface area contributed by atoms with E-state index in [1.165, 1.54) is 24.1 Å². The molecule has 0 bridgehead atoms. The maximum absolute atomic E-state index is 12.1. The summed E-state index contributed by atoms with van der Waals surface area (Å²) < 4.78 is 4.78. The second-order valence-electron chi connectivity index (χ2n) is 5.26. The van der Waals surface area contributed by atoms with Crippen molar-refractivity contribution in [2.24, 2.45) is 5.92 Å². The number of hydrogen-bond donors (Lipinski definition) is 2. The van der Waals surface area contributed by atoms with Crippen molar-refractivity contribution >= 4 is 11.9 Å². The summed E-state index contributed by atoms with van der Waals surface area (Å²) in [4.78, 5) is 25.5. The number of carbonyl (C=O) groups excluding carboxylic acids is 2. The van der Waals surface area contributed by atoms with Gasteiger partial charge in [-0.2, -0.15) is 0 Å². The number of aromatic hydroxyl groups is 1. The average Bonchev–Trinajstić information content (AvgIpc) is 2.73. The molecule has 1 aromatic carbocycles. The topological polar surface area (TPSA) is 87.1 Å². The Morgan fingerprint density at radius 3 is 2.52 bits per heavy atom. The van der Waals surface area contributed by atoms with Gasteiger partial charge in [0.2, 0.25) is 5.91 Å². The Hall–Kier alpha value is -2.08. The fourth-order valence-corrected chi connectivity index (χ4v) is 2.47. The van der Waals surface area contributed by atoms with Gasteiger partial charge in [0, 0.05) is 13.0 Å². The number of likely N-dealkylation sites (tertiary alicyclic amines) is 1. The van der Waals surface area contributed by atoms with Crippen LogP contribution in [0.4, 0.5) is 0 Å². The van der Waals surface area contributed by atoms with E-state index < -0.39 is 24.0 Å². The highest BCUT2D eigenvalue weighted by Crippen LogP contribution is 2.23. The second-order valence-corrected chi connectivity index (χ2v) is 5.26. The minimum Gasteiger partial charge on any atom is -0.508 e. The van der Waals surface area contributed by atoms with E-state index in [1.54, 1.807) is 19.1 Å². The average molecular weight is 293 g/mol. The lowest BCUT2D eigenvalue weighted by Crippen LogP contribution is -2.45. The lowest BCUT2D eigenvalue weighted by molar-refractivity contribution is -0.151. The van der Waals surface area contributed by atoms with E-state index in [9.17, 15) is 19.8 Å². The summed E-state index contributed by atoms with van der Waals surface area (Å²) >= 11 is 0. The molecular weight excluding hydrogens is 274 g/mol. The van der Waals surface area contributed by atoms with Gasteiger partial charge < -0.3 is 19.8 Å². The molecule has 6 heteroatoms. The van der Waals surface area contributed by atoms with Crippen LogP contribution >= 0.6 is 0 Å². The number of nitrogens with zero attached hydrogens (tertiary/aromatic N) is 1. The van der Waals surface area contributed by atoms with Crippen LogP contribution in [0.5, 0.6) is 5.75 Å². The molecule has 1 amide bonds. The van der Waals surface area contributed by atoms with Crippen molar-refractivity contribution in [3.63, 3.8) is 0 Å². The Labute approximate surface area is 122 Å². The molecule has 1 aliphatic rings. The summed E-state index contributed by atoms with van der Waals surface area (Å²) in [5.74, 6) is -1.15. The van der Waals surface area contributed by atoms with Crippen LogP contribution in [0.3, 0.4) is 0 Å². The van der Waals surface area contributed by atoms with E-state index in [-0.39, 0.29) is 24.6 Å². The number of carbonyl (C=O) groups is 2. The van der Waals surface area contributed by atoms with Crippen LogP contribution in [0.15, 0.2) is 24.3 Å². The van der Waals surface area contributed by atoms with E-state index in [1.807, 2.05) is 0 Å². The van der Waals surface area contributed by atoms with Gasteiger partial charge >= 0.3 is 5.97 Å². The zero-order chi connectivity index (χ0) is 15.6. The van der Waals surface area contributed by atoms with E-state index in [0.29, 0.717) is 0 Å². The summed E-state index contributed by atoms with van der Waals surface area (Å²) in [7, 11) is 1.27. The van der Waals surface area contributed by atoms with Gasteiger partial charge in [-0.25, -0.2) is 4.79 Å². The molecule has 0 radical (unpaired) electrons. The maximum Gasteiger partial charge on any atom is 0.328 e. The summed E-state index contributed by atoms with van der Waals surface area (Å²) in [5.41, 5.74) is 0.796. The van der Waals surface area contributed by atoms with Crippen molar-refractivity contribution in [2.75, 3.05) is 13.7 Å². The fourth-order valence-electron chi connectivity index (χ4n) is 2.47. The molecular formula is C15H19NO5. The minimum absolute atomic E-state index is 0.123. The van der Waals surface area contributed by atoms with Crippen LogP contribution in [0.2, 0.25) is 0 Å². The first-order chi connectivity index (χ1) is 9.93. The first-order valence-corrected chi connectivity index (χ1v) is 6.78. The molecule has 2 N–H and O–H groups in total. The van der Waals surface area contributed by atoms with Crippen LogP contribution < -0.4 is 0 Å². The summed E-state index contributed by atoms with van der Waals surface area (Å²) in [5, 5.41) is 19.1. The van der Waals surface area contributed by atoms with Crippen LogP contribution in [-0.2, 0) is 20.7 Å². The third kappa shape index (κ3) is 3.16. The summed E-state index contributed by atoms with van der Waals surface area (Å²) in [6, 6.07) is 5.64. The predicted octanol–water partition coefficient (Wildman–Crippen LogP) is 0.315. The van der Waals surface area contributed by atoms with Crippen molar-refractivity contribution in [2.45, 2.75) is 25.5 Å². The Kier molecular flexibility index (Phi) is 4.47. The molecule has 21 heavy (non-hydrogen) atoms. The number of aliphatic hydroxyl groups is 1. The van der Waals surface area contributed by atoms with Crippen molar-refractivity contribution in [1.82, 2.24) is 4.90 Å². The molecule has 6 nitrogen and oxygen atoms in total. The molecule has 3 atom stereocenters. The van der Waals surface area contributed by atoms with Gasteiger partial charge in [-0.15, -0.1) is 0 Å². The number of aliphatic hydroxyl groups excluding tert-OH is 1. The predicted molar refractivity (Wildman–Crippen MR) is 74.5 cm³/mol. The fraction of sp³-hybridized carbons (Fsp3) is 0.467. The Morgan fingerprint density at radius 1 is 1.43 bits per heavy atom. The quantitative estimate of drug-likeness (QED) is 0.781. The molecule has 1 aromatic rings. The number of hydrogen-bond acceptors (Lipinski definition) is 5. The highest BCUT2D eigenvalue weighted by molar-refractivity contribution is 5.87. The number of esters is 1. The third-order valence-corrected chi connectivity index (χ3v) is 3.85. The summed E-state index contributed by atoms with van der Waals surface area (Å²) in [6.45, 7) is 1.76. The standard InChI is InChI=1S/C15H19NO5/c1-9-13(18)8-16(14(9)19)12(15(20)21-2)7-10-3-5-11(17)6-4-10/h3-6,9,12-13,17-18H,7-8H2,1-2H3. The molecule has 1 aliphatic heterocycles. The number of phenols is 1. The molecule has 2 rings (SSSR count). The molecule has 3 unspecified atom stereocenters. The Bertz CT molecular complexity index is 527. The van der Waals surface area contributed by atoms with Crippen LogP contribution in [0, 0.1) is 5.92 Å². The molecule has 0 aliphatic carbocycles. The van der Waals surface area contributed by atoms with Gasteiger partial charge in [0.15, 0.2) is 0 Å². The Balaban J connectivity index is 2.21. The molecule has 0 aromatic heterocycles. The number of methoxy groups -OCH3 is 1. The maximum atomic E-state index is 12.1. The van der Waals surface area contributed by atoms with Crippen LogP contribution in [0.25, 0.3) is 0 Å². The molecule has 1 heterocycles. The normalized spacial score (nSPS) is 23.2. The van der Waals surface area contributed by atoms with Gasteiger partial charge in [-0.1, -0.05) is 19.1 Å². The highest BCUT2D eigenvalue weighted by Gasteiger charge is 2.42. The number of amides is 1. The monoisotopic (exact) mass is 293 g/mol. The van der Waals surface area contributed by atoms with Crippen LogP contribution in [0.1, 0.15) is 12.5 Å². The second kappa shape index (κ2) is 6.13. The number of rotatable bonds is 4. The van der Waals surface area contributed by atoms with Crippen molar-refractivity contribution in [3.8, 4) is 5.75 Å². The number of ether oxygens (including phenoxy) is 1. The molecule has 0 spiro atoms. The van der Waals surface area contributed by atoms with Gasteiger partial charge in [0.1, 0.15) is 11.8 Å². The lowest BCUT2D eigenvalue weighted by atomic mass is 10.0. The molecule has 0 saturated carbocycles. The largest absolute Gasteiger partial charge is 0.508 e. The number of β-amino-alcohol motifs (C(OH)–C–C–N with tert-alkyl or cyclic N) is 1. The van der Waals surface area contributed by atoms with E-state index in [2.05, 4.69) is 0 Å². The van der Waals surface area contributed by atoms with Crippen molar-refractivity contribution < 1.29 is 24.5 Å². The third-order valence-electron chi connectivity index (χ3n) is 3.85. The highest BCUT2D eigenvalue weighted by atomic mass is 16.5. The first kappa shape index (κ1) is 15.3. The molecule has 114 valence electrons.